The molecule has 1 aliphatic rings. The molecule has 0 saturated heterocycles. The van der Waals surface area contributed by atoms with Crippen molar-refractivity contribution in [3.63, 3.8) is 0 Å². The normalized spacial score (nSPS) is 34.4. The molecule has 0 aromatic carbocycles. The topological polar surface area (TPSA) is 38.3 Å². The van der Waals surface area contributed by atoms with Crippen LogP contribution >= 0.6 is 0 Å². The highest BCUT2D eigenvalue weighted by molar-refractivity contribution is 5.81. The summed E-state index contributed by atoms with van der Waals surface area (Å²) >= 11 is 0. The van der Waals surface area contributed by atoms with E-state index in [2.05, 4.69) is 25.7 Å². The summed E-state index contributed by atoms with van der Waals surface area (Å²) < 4.78 is 4.95. The fourth-order valence-corrected chi connectivity index (χ4v) is 2.97. The highest BCUT2D eigenvalue weighted by Crippen LogP contribution is 2.36. The fourth-order valence-electron chi connectivity index (χ4n) is 2.97. The maximum Gasteiger partial charge on any atom is 0.326 e. The summed E-state index contributed by atoms with van der Waals surface area (Å²) in [5.74, 6) is 0.980. The Hall–Kier alpha value is -0.830. The molecule has 0 aromatic heterocycles. The molecule has 0 bridgehead atoms. The van der Waals surface area contributed by atoms with Gasteiger partial charge in [-0.15, -0.1) is 6.58 Å². The van der Waals surface area contributed by atoms with Gasteiger partial charge >= 0.3 is 5.97 Å². The Labute approximate surface area is 98.2 Å². The van der Waals surface area contributed by atoms with Gasteiger partial charge in [-0.25, -0.2) is 0 Å². The SMILES string of the molecule is C=CCNC1(C(=O)OC)CC(C)CC(C)C1. The second-order valence-electron chi connectivity index (χ2n) is 5.10. The van der Waals surface area contributed by atoms with Gasteiger partial charge in [0, 0.05) is 6.54 Å². The van der Waals surface area contributed by atoms with E-state index in [4.69, 9.17) is 4.74 Å². The van der Waals surface area contributed by atoms with E-state index in [1.165, 1.54) is 13.5 Å². The molecule has 92 valence electrons. The molecule has 0 aromatic rings. The molecule has 1 aliphatic carbocycles. The lowest BCUT2D eigenvalue weighted by molar-refractivity contribution is -0.151. The van der Waals surface area contributed by atoms with Crippen molar-refractivity contribution in [2.24, 2.45) is 11.8 Å². The molecule has 1 N–H and O–H groups in total. The molecule has 0 radical (unpaired) electrons. The second kappa shape index (κ2) is 5.48. The number of esters is 1. The lowest BCUT2D eigenvalue weighted by Gasteiger charge is -2.41. The summed E-state index contributed by atoms with van der Waals surface area (Å²) in [4.78, 5) is 12.0. The zero-order valence-electron chi connectivity index (χ0n) is 10.6. The smallest absolute Gasteiger partial charge is 0.326 e. The minimum atomic E-state index is -0.500. The lowest BCUT2D eigenvalue weighted by Crippen LogP contribution is -2.56. The van der Waals surface area contributed by atoms with Gasteiger partial charge in [-0.2, -0.15) is 0 Å². The van der Waals surface area contributed by atoms with Crippen LogP contribution in [0.5, 0.6) is 0 Å². The zero-order chi connectivity index (χ0) is 12.2. The Kier molecular flexibility index (Phi) is 4.54. The summed E-state index contributed by atoms with van der Waals surface area (Å²) in [6, 6.07) is 0. The Morgan fingerprint density at radius 1 is 1.50 bits per heavy atom. The quantitative estimate of drug-likeness (QED) is 0.588. The summed E-state index contributed by atoms with van der Waals surface area (Å²) in [6.45, 7) is 8.73. The van der Waals surface area contributed by atoms with Gasteiger partial charge in [0.2, 0.25) is 0 Å². The molecular weight excluding hydrogens is 202 g/mol. The van der Waals surface area contributed by atoms with E-state index < -0.39 is 5.54 Å². The van der Waals surface area contributed by atoms with Crippen molar-refractivity contribution in [3.8, 4) is 0 Å². The Morgan fingerprint density at radius 3 is 2.50 bits per heavy atom. The second-order valence-corrected chi connectivity index (χ2v) is 5.10. The van der Waals surface area contributed by atoms with Gasteiger partial charge in [-0.1, -0.05) is 19.9 Å². The van der Waals surface area contributed by atoms with Crippen molar-refractivity contribution < 1.29 is 9.53 Å². The molecule has 0 amide bonds. The van der Waals surface area contributed by atoms with Crippen molar-refractivity contribution in [1.29, 1.82) is 0 Å². The third-order valence-electron chi connectivity index (χ3n) is 3.36. The summed E-state index contributed by atoms with van der Waals surface area (Å²) in [7, 11) is 1.46. The van der Waals surface area contributed by atoms with Crippen LogP contribution in [0.25, 0.3) is 0 Å². The van der Waals surface area contributed by atoms with Gasteiger partial charge < -0.3 is 4.74 Å². The number of nitrogens with one attached hydrogen (secondary N) is 1. The molecule has 0 spiro atoms. The molecule has 2 atom stereocenters. The number of rotatable bonds is 4. The number of carbonyl (C=O) groups excluding carboxylic acids is 1. The molecule has 0 aliphatic heterocycles. The zero-order valence-corrected chi connectivity index (χ0v) is 10.6. The van der Waals surface area contributed by atoms with E-state index in [0.717, 1.165) is 12.8 Å². The first-order chi connectivity index (χ1) is 7.54. The van der Waals surface area contributed by atoms with E-state index in [1.54, 1.807) is 6.08 Å². The summed E-state index contributed by atoms with van der Waals surface area (Å²) in [5, 5.41) is 3.30. The average Bonchev–Trinajstić information content (AvgIpc) is 2.24. The van der Waals surface area contributed by atoms with Crippen LogP contribution in [0.3, 0.4) is 0 Å². The molecule has 3 nitrogen and oxygen atoms in total. The molecule has 16 heavy (non-hydrogen) atoms. The Morgan fingerprint density at radius 2 is 2.06 bits per heavy atom. The van der Waals surface area contributed by atoms with E-state index in [-0.39, 0.29) is 5.97 Å². The van der Waals surface area contributed by atoms with Crippen molar-refractivity contribution in [3.05, 3.63) is 12.7 Å². The first-order valence-corrected chi connectivity index (χ1v) is 5.98. The fraction of sp³-hybridized carbons (Fsp3) is 0.769. The van der Waals surface area contributed by atoms with E-state index >= 15 is 0 Å². The van der Waals surface area contributed by atoms with E-state index in [0.29, 0.717) is 18.4 Å². The van der Waals surface area contributed by atoms with Crippen LogP contribution in [0, 0.1) is 11.8 Å². The maximum atomic E-state index is 12.0. The molecule has 2 unspecified atom stereocenters. The highest BCUT2D eigenvalue weighted by atomic mass is 16.5. The Balaban J connectivity index is 2.83. The first kappa shape index (κ1) is 13.2. The third-order valence-corrected chi connectivity index (χ3v) is 3.36. The van der Waals surface area contributed by atoms with Crippen LogP contribution in [0.1, 0.15) is 33.1 Å². The number of hydrogen-bond donors (Lipinski definition) is 1. The number of carbonyl (C=O) groups is 1. The lowest BCUT2D eigenvalue weighted by atomic mass is 9.71. The van der Waals surface area contributed by atoms with Crippen molar-refractivity contribution in [2.75, 3.05) is 13.7 Å². The molecular formula is C13H23NO2. The molecule has 1 saturated carbocycles. The van der Waals surface area contributed by atoms with Crippen LogP contribution < -0.4 is 5.32 Å². The average molecular weight is 225 g/mol. The van der Waals surface area contributed by atoms with Gasteiger partial charge in [0.25, 0.3) is 0 Å². The molecule has 1 fully saturated rings. The van der Waals surface area contributed by atoms with Crippen LogP contribution in [0.15, 0.2) is 12.7 Å². The van der Waals surface area contributed by atoms with Crippen LogP contribution in [-0.4, -0.2) is 25.2 Å². The number of hydrogen-bond acceptors (Lipinski definition) is 3. The minimum Gasteiger partial charge on any atom is -0.468 e. The summed E-state index contributed by atoms with van der Waals surface area (Å²) in [5.41, 5.74) is -0.500. The third kappa shape index (κ3) is 2.85. The predicted octanol–water partition coefficient (Wildman–Crippen LogP) is 2.13. The van der Waals surface area contributed by atoms with E-state index in [1.807, 2.05) is 0 Å². The number of methoxy groups -OCH3 is 1. The standard InChI is InChI=1S/C13H23NO2/c1-5-6-14-13(12(15)16-4)8-10(2)7-11(3)9-13/h5,10-11,14H,1,6-9H2,2-4H3. The van der Waals surface area contributed by atoms with Crippen LogP contribution in [0.2, 0.25) is 0 Å². The van der Waals surface area contributed by atoms with Gasteiger partial charge in [0.1, 0.15) is 5.54 Å². The molecule has 1 rings (SSSR count). The monoisotopic (exact) mass is 225 g/mol. The van der Waals surface area contributed by atoms with Crippen molar-refractivity contribution >= 4 is 5.97 Å². The van der Waals surface area contributed by atoms with Crippen LogP contribution in [0.4, 0.5) is 0 Å². The molecule has 3 heteroatoms. The summed E-state index contributed by atoms with van der Waals surface area (Å²) in [6.07, 6.45) is 4.69. The van der Waals surface area contributed by atoms with Crippen molar-refractivity contribution in [1.82, 2.24) is 5.32 Å². The largest absolute Gasteiger partial charge is 0.468 e. The van der Waals surface area contributed by atoms with Gasteiger partial charge in [-0.05, 0) is 31.1 Å². The predicted molar refractivity (Wildman–Crippen MR) is 65.1 cm³/mol. The molecule has 0 heterocycles. The maximum absolute atomic E-state index is 12.0. The van der Waals surface area contributed by atoms with E-state index in [9.17, 15) is 4.79 Å². The first-order valence-electron chi connectivity index (χ1n) is 5.98. The minimum absolute atomic E-state index is 0.132. The van der Waals surface area contributed by atoms with Crippen LogP contribution in [-0.2, 0) is 9.53 Å². The highest BCUT2D eigenvalue weighted by Gasteiger charge is 2.44. The number of ether oxygens (including phenoxy) is 1. The van der Waals surface area contributed by atoms with Crippen molar-refractivity contribution in [2.45, 2.75) is 38.6 Å². The van der Waals surface area contributed by atoms with Gasteiger partial charge in [-0.3, -0.25) is 10.1 Å². The van der Waals surface area contributed by atoms with Gasteiger partial charge in [0.15, 0.2) is 0 Å². The van der Waals surface area contributed by atoms with Gasteiger partial charge in [0.05, 0.1) is 7.11 Å². The Bertz CT molecular complexity index is 253.